The van der Waals surface area contributed by atoms with Crippen molar-refractivity contribution in [3.05, 3.63) is 40.9 Å². The molecule has 2 aromatic rings. The molecular formula is C11H9F3N2OS. The molecule has 0 saturated heterocycles. The molecule has 18 heavy (non-hydrogen) atoms. The molecule has 0 atom stereocenters. The third kappa shape index (κ3) is 2.99. The van der Waals surface area contributed by atoms with Gasteiger partial charge in [-0.1, -0.05) is 6.07 Å². The van der Waals surface area contributed by atoms with Gasteiger partial charge >= 0.3 is 6.18 Å². The number of benzene rings is 1. The summed E-state index contributed by atoms with van der Waals surface area (Å²) in [7, 11) is 0. The number of hydrogen-bond acceptors (Lipinski definition) is 4. The van der Waals surface area contributed by atoms with Gasteiger partial charge < -0.3 is 10.4 Å². The maximum atomic E-state index is 12.5. The SMILES string of the molecule is OCc1csc(Nc2cccc(C(F)(F)F)c2)n1. The minimum Gasteiger partial charge on any atom is -0.390 e. The van der Waals surface area contributed by atoms with Gasteiger partial charge in [-0.3, -0.25) is 0 Å². The molecule has 0 aliphatic carbocycles. The van der Waals surface area contributed by atoms with E-state index in [1.807, 2.05) is 0 Å². The molecule has 0 unspecified atom stereocenters. The lowest BCUT2D eigenvalue weighted by molar-refractivity contribution is -0.137. The normalized spacial score (nSPS) is 11.6. The first kappa shape index (κ1) is 12.8. The fourth-order valence-corrected chi connectivity index (χ4v) is 2.06. The fourth-order valence-electron chi connectivity index (χ4n) is 1.33. The molecule has 0 aliphatic heterocycles. The van der Waals surface area contributed by atoms with Crippen molar-refractivity contribution >= 4 is 22.2 Å². The molecule has 0 saturated carbocycles. The van der Waals surface area contributed by atoms with Gasteiger partial charge in [-0.25, -0.2) is 4.98 Å². The molecule has 7 heteroatoms. The van der Waals surface area contributed by atoms with Crippen LogP contribution >= 0.6 is 11.3 Å². The van der Waals surface area contributed by atoms with Gasteiger partial charge in [0.05, 0.1) is 17.9 Å². The van der Waals surface area contributed by atoms with Gasteiger partial charge in [0.25, 0.3) is 0 Å². The third-order valence-electron chi connectivity index (χ3n) is 2.15. The van der Waals surface area contributed by atoms with E-state index in [1.165, 1.54) is 23.5 Å². The summed E-state index contributed by atoms with van der Waals surface area (Å²) in [4.78, 5) is 3.99. The first-order chi connectivity index (χ1) is 8.49. The molecule has 1 aromatic heterocycles. The number of hydrogen-bond donors (Lipinski definition) is 2. The van der Waals surface area contributed by atoms with Crippen LogP contribution in [0.25, 0.3) is 0 Å². The largest absolute Gasteiger partial charge is 0.416 e. The Morgan fingerprint density at radius 3 is 2.72 bits per heavy atom. The summed E-state index contributed by atoms with van der Waals surface area (Å²) in [5, 5.41) is 13.7. The molecular weight excluding hydrogens is 265 g/mol. The third-order valence-corrected chi connectivity index (χ3v) is 2.96. The number of aromatic nitrogens is 1. The van der Waals surface area contributed by atoms with E-state index in [0.29, 0.717) is 16.5 Å². The number of alkyl halides is 3. The van der Waals surface area contributed by atoms with Crippen molar-refractivity contribution in [2.45, 2.75) is 12.8 Å². The molecule has 1 heterocycles. The second-order valence-corrected chi connectivity index (χ2v) is 4.36. The van der Waals surface area contributed by atoms with Crippen LogP contribution in [0.15, 0.2) is 29.6 Å². The van der Waals surface area contributed by atoms with Crippen molar-refractivity contribution in [2.75, 3.05) is 5.32 Å². The number of nitrogens with one attached hydrogen (secondary N) is 1. The topological polar surface area (TPSA) is 45.1 Å². The van der Waals surface area contributed by atoms with Gasteiger partial charge in [0.15, 0.2) is 5.13 Å². The summed E-state index contributed by atoms with van der Waals surface area (Å²) in [5.74, 6) is 0. The zero-order valence-electron chi connectivity index (χ0n) is 9.03. The van der Waals surface area contributed by atoms with Gasteiger partial charge in [0, 0.05) is 11.1 Å². The maximum absolute atomic E-state index is 12.5. The highest BCUT2D eigenvalue weighted by Crippen LogP contribution is 2.31. The lowest BCUT2D eigenvalue weighted by Crippen LogP contribution is -2.05. The minimum atomic E-state index is -4.36. The van der Waals surface area contributed by atoms with Gasteiger partial charge in [-0.2, -0.15) is 13.2 Å². The van der Waals surface area contributed by atoms with Crippen LogP contribution in [0.5, 0.6) is 0 Å². The molecule has 0 aliphatic rings. The first-order valence-corrected chi connectivity index (χ1v) is 5.86. The predicted octanol–water partition coefficient (Wildman–Crippen LogP) is 3.40. The van der Waals surface area contributed by atoms with Crippen molar-refractivity contribution in [3.63, 3.8) is 0 Å². The second kappa shape index (κ2) is 4.95. The number of aliphatic hydroxyl groups excluding tert-OH is 1. The molecule has 96 valence electrons. The number of rotatable bonds is 3. The molecule has 0 spiro atoms. The quantitative estimate of drug-likeness (QED) is 0.901. The highest BCUT2D eigenvalue weighted by Gasteiger charge is 2.30. The number of thiazole rings is 1. The minimum absolute atomic E-state index is 0.194. The van der Waals surface area contributed by atoms with Gasteiger partial charge in [-0.05, 0) is 18.2 Å². The molecule has 2 N–H and O–H groups in total. The molecule has 3 nitrogen and oxygen atoms in total. The fraction of sp³-hybridized carbons (Fsp3) is 0.182. The van der Waals surface area contributed by atoms with E-state index < -0.39 is 11.7 Å². The molecule has 0 fully saturated rings. The number of anilines is 2. The number of halogens is 3. The Labute approximate surface area is 105 Å². The van der Waals surface area contributed by atoms with E-state index in [9.17, 15) is 13.2 Å². The van der Waals surface area contributed by atoms with Crippen LogP contribution in [0.2, 0.25) is 0 Å². The van der Waals surface area contributed by atoms with Crippen molar-refractivity contribution in [1.82, 2.24) is 4.98 Å². The standard InChI is InChI=1S/C11H9F3N2OS/c12-11(13,14)7-2-1-3-8(4-7)15-10-16-9(5-17)6-18-10/h1-4,6,17H,5H2,(H,15,16). The van der Waals surface area contributed by atoms with Crippen LogP contribution in [0.3, 0.4) is 0 Å². The Bertz CT molecular complexity index is 539. The van der Waals surface area contributed by atoms with E-state index in [4.69, 9.17) is 5.11 Å². The van der Waals surface area contributed by atoms with Crippen LogP contribution in [-0.4, -0.2) is 10.1 Å². The Morgan fingerprint density at radius 1 is 1.33 bits per heavy atom. The van der Waals surface area contributed by atoms with Crippen molar-refractivity contribution in [3.8, 4) is 0 Å². The Hall–Kier alpha value is -1.60. The van der Waals surface area contributed by atoms with Gasteiger partial charge in [-0.15, -0.1) is 11.3 Å². The highest BCUT2D eigenvalue weighted by molar-refractivity contribution is 7.13. The second-order valence-electron chi connectivity index (χ2n) is 3.51. The Kier molecular flexibility index (Phi) is 3.53. The van der Waals surface area contributed by atoms with E-state index >= 15 is 0 Å². The maximum Gasteiger partial charge on any atom is 0.416 e. The molecule has 0 bridgehead atoms. The smallest absolute Gasteiger partial charge is 0.390 e. The average molecular weight is 274 g/mol. The summed E-state index contributed by atoms with van der Waals surface area (Å²) in [6, 6.07) is 4.87. The lowest BCUT2D eigenvalue weighted by Gasteiger charge is -2.08. The van der Waals surface area contributed by atoms with E-state index in [2.05, 4.69) is 10.3 Å². The van der Waals surface area contributed by atoms with Crippen molar-refractivity contribution in [1.29, 1.82) is 0 Å². The van der Waals surface area contributed by atoms with Crippen LogP contribution in [0.1, 0.15) is 11.3 Å². The molecule has 0 amide bonds. The molecule has 1 aromatic carbocycles. The monoisotopic (exact) mass is 274 g/mol. The highest BCUT2D eigenvalue weighted by atomic mass is 32.1. The summed E-state index contributed by atoms with van der Waals surface area (Å²) in [6.07, 6.45) is -4.36. The molecule has 0 radical (unpaired) electrons. The van der Waals surface area contributed by atoms with Crippen LogP contribution in [-0.2, 0) is 12.8 Å². The zero-order chi connectivity index (χ0) is 13.2. The summed E-state index contributed by atoms with van der Waals surface area (Å²) < 4.78 is 37.5. The van der Waals surface area contributed by atoms with E-state index in [0.717, 1.165) is 12.1 Å². The van der Waals surface area contributed by atoms with Crippen LogP contribution in [0, 0.1) is 0 Å². The van der Waals surface area contributed by atoms with Crippen LogP contribution < -0.4 is 5.32 Å². The number of nitrogens with zero attached hydrogens (tertiary/aromatic N) is 1. The zero-order valence-corrected chi connectivity index (χ0v) is 9.85. The summed E-state index contributed by atoms with van der Waals surface area (Å²) in [5.41, 5.74) is 0.0737. The summed E-state index contributed by atoms with van der Waals surface area (Å²) >= 11 is 1.22. The summed E-state index contributed by atoms with van der Waals surface area (Å²) in [6.45, 7) is -0.194. The van der Waals surface area contributed by atoms with E-state index in [-0.39, 0.29) is 6.61 Å². The van der Waals surface area contributed by atoms with Gasteiger partial charge in [0.2, 0.25) is 0 Å². The average Bonchev–Trinajstić information content (AvgIpc) is 2.76. The van der Waals surface area contributed by atoms with Crippen LogP contribution in [0.4, 0.5) is 24.0 Å². The predicted molar refractivity (Wildman–Crippen MR) is 62.8 cm³/mol. The van der Waals surface area contributed by atoms with Crippen molar-refractivity contribution in [2.24, 2.45) is 0 Å². The van der Waals surface area contributed by atoms with Gasteiger partial charge in [0.1, 0.15) is 0 Å². The Morgan fingerprint density at radius 2 is 2.11 bits per heavy atom. The number of aliphatic hydroxyl groups is 1. The van der Waals surface area contributed by atoms with Crippen molar-refractivity contribution < 1.29 is 18.3 Å². The lowest BCUT2D eigenvalue weighted by atomic mass is 10.2. The van der Waals surface area contributed by atoms with E-state index in [1.54, 1.807) is 5.38 Å². The Balaban J connectivity index is 2.19. The first-order valence-electron chi connectivity index (χ1n) is 4.98. The molecule has 2 rings (SSSR count).